The summed E-state index contributed by atoms with van der Waals surface area (Å²) in [6.45, 7) is 4.59. The number of anilines is 2. The number of hydrogen-bond acceptors (Lipinski definition) is 7. The van der Waals surface area contributed by atoms with Crippen molar-refractivity contribution in [1.82, 2.24) is 15.2 Å². The first-order valence-corrected chi connectivity index (χ1v) is 8.17. The molecule has 0 amide bonds. The predicted octanol–water partition coefficient (Wildman–Crippen LogP) is 2.27. The van der Waals surface area contributed by atoms with Crippen LogP contribution in [0.25, 0.3) is 0 Å². The molecule has 0 spiro atoms. The quantitative estimate of drug-likeness (QED) is 0.871. The summed E-state index contributed by atoms with van der Waals surface area (Å²) in [5.74, 6) is 2.94. The second kappa shape index (κ2) is 7.33. The van der Waals surface area contributed by atoms with Crippen LogP contribution < -0.4 is 19.7 Å². The lowest BCUT2D eigenvalue weighted by Crippen LogP contribution is -2.31. The van der Waals surface area contributed by atoms with Gasteiger partial charge in [0.15, 0.2) is 17.3 Å². The Bertz CT molecular complexity index is 707. The lowest BCUT2D eigenvalue weighted by molar-refractivity contribution is 0.353. The van der Waals surface area contributed by atoms with E-state index in [9.17, 15) is 0 Å². The molecule has 2 aromatic rings. The summed E-state index contributed by atoms with van der Waals surface area (Å²) in [4.78, 5) is 6.78. The van der Waals surface area contributed by atoms with Crippen LogP contribution in [0.4, 0.5) is 11.8 Å². The number of aromatic nitrogens is 3. The molecule has 2 heterocycles. The van der Waals surface area contributed by atoms with Crippen LogP contribution in [0, 0.1) is 0 Å². The van der Waals surface area contributed by atoms with Crippen molar-refractivity contribution in [1.29, 1.82) is 0 Å². The molecular formula is C17H23N5O2. The first-order chi connectivity index (χ1) is 11.7. The lowest BCUT2D eigenvalue weighted by atomic mass is 9.99. The van der Waals surface area contributed by atoms with Crippen LogP contribution in [-0.4, -0.2) is 42.5 Å². The predicted molar refractivity (Wildman–Crippen MR) is 92.9 cm³/mol. The van der Waals surface area contributed by atoms with E-state index in [2.05, 4.69) is 38.4 Å². The Balaban J connectivity index is 1.82. The molecule has 3 rings (SSSR count). The van der Waals surface area contributed by atoms with Crippen molar-refractivity contribution >= 4 is 11.8 Å². The van der Waals surface area contributed by atoms with Crippen LogP contribution in [-0.2, 0) is 13.0 Å². The van der Waals surface area contributed by atoms with E-state index < -0.39 is 0 Å². The van der Waals surface area contributed by atoms with Crippen molar-refractivity contribution in [2.24, 2.45) is 0 Å². The third-order valence-electron chi connectivity index (χ3n) is 4.12. The molecule has 0 aliphatic carbocycles. The van der Waals surface area contributed by atoms with E-state index in [1.54, 1.807) is 20.4 Å². The summed E-state index contributed by atoms with van der Waals surface area (Å²) in [5.41, 5.74) is 2.51. The first-order valence-electron chi connectivity index (χ1n) is 8.17. The molecule has 1 aromatic heterocycles. The lowest BCUT2D eigenvalue weighted by Gasteiger charge is -2.30. The standard InChI is InChI=1S/C17H23N5O2/c1-4-6-18-17-20-16(10-19-21-17)22-7-5-12-8-14(23-2)15(24-3)9-13(12)11-22/h8-10H,4-7,11H2,1-3H3,(H,18,20,21). The van der Waals surface area contributed by atoms with Gasteiger partial charge in [-0.15, -0.1) is 5.10 Å². The fourth-order valence-corrected chi connectivity index (χ4v) is 2.84. The smallest absolute Gasteiger partial charge is 0.244 e. The Morgan fingerprint density at radius 2 is 1.92 bits per heavy atom. The van der Waals surface area contributed by atoms with Gasteiger partial charge in [-0.3, -0.25) is 0 Å². The average molecular weight is 329 g/mol. The van der Waals surface area contributed by atoms with Crippen LogP contribution >= 0.6 is 0 Å². The fraction of sp³-hybridized carbons (Fsp3) is 0.471. The van der Waals surface area contributed by atoms with Crippen molar-refractivity contribution in [3.8, 4) is 11.5 Å². The number of fused-ring (bicyclic) bond motifs is 1. The van der Waals surface area contributed by atoms with Crippen molar-refractivity contribution in [3.63, 3.8) is 0 Å². The molecule has 0 unspecified atom stereocenters. The van der Waals surface area contributed by atoms with Gasteiger partial charge in [0.05, 0.1) is 20.4 Å². The number of rotatable bonds is 6. The second-order valence-electron chi connectivity index (χ2n) is 5.71. The minimum absolute atomic E-state index is 0.576. The molecule has 24 heavy (non-hydrogen) atoms. The third-order valence-corrected chi connectivity index (χ3v) is 4.12. The summed E-state index contributed by atoms with van der Waals surface area (Å²) in [6, 6.07) is 4.11. The SMILES string of the molecule is CCCNc1nncc(N2CCc3cc(OC)c(OC)cc3C2)n1. The zero-order valence-corrected chi connectivity index (χ0v) is 14.4. The first kappa shape index (κ1) is 16.3. The highest BCUT2D eigenvalue weighted by molar-refractivity contribution is 5.52. The summed E-state index contributed by atoms with van der Waals surface area (Å²) < 4.78 is 10.8. The number of nitrogens with one attached hydrogen (secondary N) is 1. The van der Waals surface area contributed by atoms with Crippen LogP contribution in [0.5, 0.6) is 11.5 Å². The maximum absolute atomic E-state index is 5.42. The highest BCUT2D eigenvalue weighted by Crippen LogP contribution is 2.34. The van der Waals surface area contributed by atoms with Crippen molar-refractivity contribution in [2.45, 2.75) is 26.3 Å². The van der Waals surface area contributed by atoms with Gasteiger partial charge in [-0.1, -0.05) is 6.92 Å². The van der Waals surface area contributed by atoms with E-state index in [1.807, 2.05) is 6.07 Å². The molecule has 0 saturated carbocycles. The molecule has 0 fully saturated rings. The van der Waals surface area contributed by atoms with Gasteiger partial charge in [-0.2, -0.15) is 10.1 Å². The molecule has 0 atom stereocenters. The van der Waals surface area contributed by atoms with Gasteiger partial charge in [-0.25, -0.2) is 0 Å². The van der Waals surface area contributed by atoms with Crippen LogP contribution in [0.3, 0.4) is 0 Å². The largest absolute Gasteiger partial charge is 0.493 e. The van der Waals surface area contributed by atoms with Crippen LogP contribution in [0.1, 0.15) is 24.5 Å². The van der Waals surface area contributed by atoms with Crippen molar-refractivity contribution < 1.29 is 9.47 Å². The molecule has 7 nitrogen and oxygen atoms in total. The van der Waals surface area contributed by atoms with Crippen LogP contribution in [0.2, 0.25) is 0 Å². The van der Waals surface area contributed by atoms with E-state index in [0.29, 0.717) is 5.95 Å². The minimum atomic E-state index is 0.576. The van der Waals surface area contributed by atoms with Gasteiger partial charge in [0.1, 0.15) is 0 Å². The topological polar surface area (TPSA) is 72.4 Å². The van der Waals surface area contributed by atoms with Gasteiger partial charge in [0.25, 0.3) is 0 Å². The molecule has 1 aliphatic rings. The van der Waals surface area contributed by atoms with E-state index in [4.69, 9.17) is 9.47 Å². The summed E-state index contributed by atoms with van der Waals surface area (Å²) >= 11 is 0. The fourth-order valence-electron chi connectivity index (χ4n) is 2.84. The molecule has 1 aliphatic heterocycles. The highest BCUT2D eigenvalue weighted by Gasteiger charge is 2.21. The van der Waals surface area contributed by atoms with Gasteiger partial charge >= 0.3 is 0 Å². The normalized spacial score (nSPS) is 13.4. The number of methoxy groups -OCH3 is 2. The molecular weight excluding hydrogens is 306 g/mol. The Hall–Kier alpha value is -2.57. The Labute approximate surface area is 142 Å². The van der Waals surface area contributed by atoms with Gasteiger partial charge in [0, 0.05) is 19.6 Å². The van der Waals surface area contributed by atoms with E-state index >= 15 is 0 Å². The number of benzene rings is 1. The molecule has 0 radical (unpaired) electrons. The van der Waals surface area contributed by atoms with Gasteiger partial charge in [-0.05, 0) is 36.1 Å². The second-order valence-corrected chi connectivity index (χ2v) is 5.71. The van der Waals surface area contributed by atoms with Crippen molar-refractivity contribution in [3.05, 3.63) is 29.5 Å². The van der Waals surface area contributed by atoms with Crippen molar-refractivity contribution in [2.75, 3.05) is 37.5 Å². The maximum Gasteiger partial charge on any atom is 0.244 e. The highest BCUT2D eigenvalue weighted by atomic mass is 16.5. The minimum Gasteiger partial charge on any atom is -0.493 e. The Kier molecular flexibility index (Phi) is 4.98. The maximum atomic E-state index is 5.42. The van der Waals surface area contributed by atoms with E-state index in [-0.39, 0.29) is 0 Å². The summed E-state index contributed by atoms with van der Waals surface area (Å²) in [5, 5.41) is 11.3. The van der Waals surface area contributed by atoms with Gasteiger partial charge in [0.2, 0.25) is 5.95 Å². The molecule has 1 aromatic carbocycles. The molecule has 7 heteroatoms. The van der Waals surface area contributed by atoms with Crippen LogP contribution in [0.15, 0.2) is 18.3 Å². The average Bonchev–Trinajstić information content (AvgIpc) is 2.64. The molecule has 0 saturated heterocycles. The molecule has 0 bridgehead atoms. The monoisotopic (exact) mass is 329 g/mol. The molecule has 1 N–H and O–H groups in total. The number of hydrogen-bond donors (Lipinski definition) is 1. The van der Waals surface area contributed by atoms with Gasteiger partial charge < -0.3 is 19.7 Å². The number of ether oxygens (including phenoxy) is 2. The Morgan fingerprint density at radius 3 is 2.62 bits per heavy atom. The van der Waals surface area contributed by atoms with E-state index in [0.717, 1.165) is 49.8 Å². The summed E-state index contributed by atoms with van der Waals surface area (Å²) in [6.07, 6.45) is 3.66. The third kappa shape index (κ3) is 3.34. The molecule has 128 valence electrons. The summed E-state index contributed by atoms with van der Waals surface area (Å²) in [7, 11) is 3.32. The Morgan fingerprint density at radius 1 is 1.17 bits per heavy atom. The van der Waals surface area contributed by atoms with E-state index in [1.165, 1.54) is 11.1 Å². The zero-order chi connectivity index (χ0) is 16.9. The number of nitrogens with zero attached hydrogens (tertiary/aromatic N) is 4. The zero-order valence-electron chi connectivity index (χ0n) is 14.4.